The lowest BCUT2D eigenvalue weighted by atomic mass is 9.96. The predicted molar refractivity (Wildman–Crippen MR) is 420 cm³/mol. The molecule has 0 bridgehead atoms. The first-order valence-corrected chi connectivity index (χ1v) is 44.4. The molecule has 3 fully saturated rings. The number of nitrogens with one attached hydrogen (secondary N) is 1. The van der Waals surface area contributed by atoms with Crippen molar-refractivity contribution in [2.45, 2.75) is 503 Å². The van der Waals surface area contributed by atoms with Crippen LogP contribution in [0.3, 0.4) is 0 Å². The van der Waals surface area contributed by atoms with Crippen molar-refractivity contribution in [1.29, 1.82) is 0 Å². The fourth-order valence-corrected chi connectivity index (χ4v) is 15.5. The van der Waals surface area contributed by atoms with Crippen LogP contribution in [-0.2, 0) is 33.2 Å². The van der Waals surface area contributed by atoms with Gasteiger partial charge in [0, 0.05) is 6.42 Å². The Morgan fingerprint density at radius 3 is 0.895 bits per heavy atom. The molecule has 17 atom stereocenters. The second kappa shape index (κ2) is 67.1. The molecule has 3 aliphatic rings. The third-order valence-electron chi connectivity index (χ3n) is 22.6. The number of amides is 1. The highest BCUT2D eigenvalue weighted by molar-refractivity contribution is 5.76. The van der Waals surface area contributed by atoms with Crippen molar-refractivity contribution in [2.24, 2.45) is 0 Å². The van der Waals surface area contributed by atoms with Gasteiger partial charge in [-0.15, -0.1) is 0 Å². The molecule has 0 aromatic heterocycles. The smallest absolute Gasteiger partial charge is 0.220 e. The number of aliphatic hydroxyl groups is 11. The number of rotatable bonds is 73. The number of carbonyl (C=O) groups is 1. The molecule has 19 heteroatoms. The molecule has 0 aromatic rings. The highest BCUT2D eigenvalue weighted by Gasteiger charge is 2.54. The third-order valence-corrected chi connectivity index (χ3v) is 22.6. The van der Waals surface area contributed by atoms with Gasteiger partial charge < -0.3 is 89.9 Å². The molecule has 19 nitrogen and oxygen atoms in total. The van der Waals surface area contributed by atoms with E-state index in [1.807, 2.05) is 6.08 Å². The molecule has 3 saturated heterocycles. The van der Waals surface area contributed by atoms with E-state index in [4.69, 9.17) is 28.4 Å². The van der Waals surface area contributed by atoms with E-state index in [0.29, 0.717) is 6.42 Å². The Morgan fingerprint density at radius 2 is 0.590 bits per heavy atom. The van der Waals surface area contributed by atoms with E-state index in [0.717, 1.165) is 44.9 Å². The molecule has 3 heterocycles. The Labute approximate surface area is 639 Å². The monoisotopic (exact) mass is 1500 g/mol. The van der Waals surface area contributed by atoms with Gasteiger partial charge in [0.15, 0.2) is 18.9 Å². The molecule has 622 valence electrons. The van der Waals surface area contributed by atoms with Gasteiger partial charge in [-0.2, -0.15) is 0 Å². The average Bonchev–Trinajstić information content (AvgIpc) is 0.780. The first-order chi connectivity index (χ1) is 51.3. The summed E-state index contributed by atoms with van der Waals surface area (Å²) in [4.78, 5) is 13.5. The van der Waals surface area contributed by atoms with Crippen molar-refractivity contribution in [1.82, 2.24) is 5.32 Å². The molecule has 3 rings (SSSR count). The van der Waals surface area contributed by atoms with Gasteiger partial charge in [-0.05, 0) is 19.3 Å². The summed E-state index contributed by atoms with van der Waals surface area (Å²) in [6.45, 7) is 1.81. The van der Waals surface area contributed by atoms with Gasteiger partial charge in [0.05, 0.1) is 38.6 Å². The summed E-state index contributed by atoms with van der Waals surface area (Å²) in [6, 6.07) is -0.971. The van der Waals surface area contributed by atoms with Crippen LogP contribution in [-0.4, -0.2) is 193 Å². The quantitative estimate of drug-likeness (QED) is 0.0199. The molecule has 0 spiro atoms. The van der Waals surface area contributed by atoms with Crippen LogP contribution >= 0.6 is 0 Å². The number of hydrogen-bond donors (Lipinski definition) is 12. The van der Waals surface area contributed by atoms with Gasteiger partial charge in [-0.1, -0.05) is 386 Å². The minimum absolute atomic E-state index is 0.250. The van der Waals surface area contributed by atoms with E-state index in [-0.39, 0.29) is 18.9 Å². The van der Waals surface area contributed by atoms with Crippen LogP contribution in [0.4, 0.5) is 0 Å². The Kier molecular flexibility index (Phi) is 62.4. The van der Waals surface area contributed by atoms with Crippen molar-refractivity contribution in [3.63, 3.8) is 0 Å². The number of allylic oxidation sites excluding steroid dienone is 1. The Balaban J connectivity index is 1.29. The molecule has 3 aliphatic heterocycles. The number of ether oxygens (including phenoxy) is 6. The molecule has 0 aromatic carbocycles. The van der Waals surface area contributed by atoms with Gasteiger partial charge in [-0.3, -0.25) is 4.79 Å². The molecular formula is C86H165NO18. The lowest BCUT2D eigenvalue weighted by Crippen LogP contribution is -2.66. The summed E-state index contributed by atoms with van der Waals surface area (Å²) in [5.41, 5.74) is 0. The first kappa shape index (κ1) is 97.7. The van der Waals surface area contributed by atoms with Crippen molar-refractivity contribution >= 4 is 5.91 Å². The van der Waals surface area contributed by atoms with E-state index in [2.05, 4.69) is 19.2 Å². The lowest BCUT2D eigenvalue weighted by molar-refractivity contribution is -0.379. The summed E-state index contributed by atoms with van der Waals surface area (Å²) < 4.78 is 34.5. The van der Waals surface area contributed by atoms with Gasteiger partial charge in [0.1, 0.15) is 73.2 Å². The van der Waals surface area contributed by atoms with Crippen molar-refractivity contribution in [3.8, 4) is 0 Å². The maximum absolute atomic E-state index is 13.5. The zero-order chi connectivity index (χ0) is 76.0. The normalized spacial score (nSPS) is 25.7. The van der Waals surface area contributed by atoms with Crippen molar-refractivity contribution in [2.75, 3.05) is 26.4 Å². The summed E-state index contributed by atoms with van der Waals surface area (Å²) in [6.07, 6.45) is 55.2. The number of aliphatic hydroxyl groups excluding tert-OH is 11. The Morgan fingerprint density at radius 1 is 0.333 bits per heavy atom. The molecule has 105 heavy (non-hydrogen) atoms. The summed E-state index contributed by atoms with van der Waals surface area (Å²) in [5.74, 6) is -0.265. The summed E-state index contributed by atoms with van der Waals surface area (Å²) >= 11 is 0. The maximum Gasteiger partial charge on any atom is 0.220 e. The maximum atomic E-state index is 13.5. The topological polar surface area (TPSA) is 307 Å². The van der Waals surface area contributed by atoms with Crippen LogP contribution in [0.15, 0.2) is 12.2 Å². The Bertz CT molecular complexity index is 1940. The SMILES string of the molecule is CCCCCCCCCCCCCCCCCCCCC/C=C/C(O)C(COC1OC(CO)C(OC2OC(CO)C(OC3OC(CO)C(O)C(O)C3O)C(O)C2O)C(O)C1O)NC(=O)CCCCCCCCCCCCCCCCCCCCCCCCCCCCCCCCCCCCCCCCC. The molecule has 1 amide bonds. The second-order valence-corrected chi connectivity index (χ2v) is 32.1. The zero-order valence-electron chi connectivity index (χ0n) is 67.0. The van der Waals surface area contributed by atoms with Crippen LogP contribution in [0.1, 0.15) is 399 Å². The molecule has 17 unspecified atom stereocenters. The average molecular weight is 1500 g/mol. The van der Waals surface area contributed by atoms with E-state index in [9.17, 15) is 61.0 Å². The number of hydrogen-bond acceptors (Lipinski definition) is 18. The van der Waals surface area contributed by atoms with E-state index in [1.165, 1.54) is 327 Å². The fourth-order valence-electron chi connectivity index (χ4n) is 15.5. The van der Waals surface area contributed by atoms with Crippen molar-refractivity contribution in [3.05, 3.63) is 12.2 Å². The first-order valence-electron chi connectivity index (χ1n) is 44.4. The molecular weight excluding hydrogens is 1330 g/mol. The lowest BCUT2D eigenvalue weighted by Gasteiger charge is -2.48. The largest absolute Gasteiger partial charge is 0.394 e. The van der Waals surface area contributed by atoms with Crippen LogP contribution in [0.2, 0.25) is 0 Å². The fraction of sp³-hybridized carbons (Fsp3) is 0.965. The van der Waals surface area contributed by atoms with Crippen molar-refractivity contribution < 1.29 is 89.4 Å². The molecule has 0 radical (unpaired) electrons. The third kappa shape index (κ3) is 46.3. The standard InChI is InChI=1S/C86H165NO18/c1-3-5-7-9-11-13-15-17-19-21-23-25-26-27-28-29-30-31-32-33-34-35-36-37-38-39-40-41-42-44-46-48-50-52-54-56-58-60-62-64-74(92)87-69(70(91)63-61-59-57-55-53-51-49-47-45-43-24-22-20-18-16-14-12-10-8-6-4-2)68-100-84-80(98)77(95)82(72(66-89)102-84)105-86-81(99)78(96)83(73(67-90)103-86)104-85-79(97)76(94)75(93)71(65-88)101-85/h61,63,69-73,75-86,88-91,93-99H,3-60,62,64-68H2,1-2H3,(H,87,92)/b63-61+. The highest BCUT2D eigenvalue weighted by atomic mass is 16.8. The van der Waals surface area contributed by atoms with Gasteiger partial charge in [-0.25, -0.2) is 0 Å². The minimum Gasteiger partial charge on any atom is -0.394 e. The van der Waals surface area contributed by atoms with E-state index in [1.54, 1.807) is 6.08 Å². The number of unbranched alkanes of at least 4 members (excludes halogenated alkanes) is 57. The summed E-state index contributed by atoms with van der Waals surface area (Å²) in [7, 11) is 0. The van der Waals surface area contributed by atoms with Gasteiger partial charge in [0.25, 0.3) is 0 Å². The summed E-state index contributed by atoms with van der Waals surface area (Å²) in [5, 5.41) is 121. The predicted octanol–water partition coefficient (Wildman–Crippen LogP) is 16.3. The second-order valence-electron chi connectivity index (χ2n) is 32.1. The Hall–Kier alpha value is -1.47. The van der Waals surface area contributed by atoms with E-state index < -0.39 is 124 Å². The highest BCUT2D eigenvalue weighted by Crippen LogP contribution is 2.34. The van der Waals surface area contributed by atoms with Crippen LogP contribution in [0.5, 0.6) is 0 Å². The van der Waals surface area contributed by atoms with Gasteiger partial charge in [0.2, 0.25) is 5.91 Å². The zero-order valence-corrected chi connectivity index (χ0v) is 67.0. The van der Waals surface area contributed by atoms with Crippen LogP contribution in [0.25, 0.3) is 0 Å². The van der Waals surface area contributed by atoms with Gasteiger partial charge >= 0.3 is 0 Å². The molecule has 0 saturated carbocycles. The molecule has 12 N–H and O–H groups in total. The van der Waals surface area contributed by atoms with Crippen LogP contribution < -0.4 is 5.32 Å². The van der Waals surface area contributed by atoms with E-state index >= 15 is 0 Å². The molecule has 0 aliphatic carbocycles. The number of carbonyl (C=O) groups excluding carboxylic acids is 1. The van der Waals surface area contributed by atoms with Crippen LogP contribution in [0, 0.1) is 0 Å². The minimum atomic E-state index is -1.98.